The second-order valence-corrected chi connectivity index (χ2v) is 8.33. The fraction of sp³-hybridized carbons (Fsp3) is 0.231. The number of benzene rings is 2. The Labute approximate surface area is 197 Å². The van der Waals surface area contributed by atoms with Crippen molar-refractivity contribution >= 4 is 28.4 Å². The fourth-order valence-electron chi connectivity index (χ4n) is 4.19. The summed E-state index contributed by atoms with van der Waals surface area (Å²) in [7, 11) is 0. The number of fused-ring (bicyclic) bond motifs is 1. The number of imidazole rings is 1. The summed E-state index contributed by atoms with van der Waals surface area (Å²) in [6.07, 6.45) is 5.67. The van der Waals surface area contributed by atoms with E-state index < -0.39 is 0 Å². The molecule has 172 valence electrons. The van der Waals surface area contributed by atoms with Crippen LogP contribution in [0.3, 0.4) is 0 Å². The first-order valence-electron chi connectivity index (χ1n) is 11.4. The zero-order valence-electron chi connectivity index (χ0n) is 18.8. The van der Waals surface area contributed by atoms with E-state index in [-0.39, 0.29) is 11.8 Å². The number of carbonyl (C=O) groups excluding carboxylic acids is 2. The summed E-state index contributed by atoms with van der Waals surface area (Å²) >= 11 is 0. The van der Waals surface area contributed by atoms with Crippen LogP contribution in [0.4, 0.5) is 5.82 Å². The molecule has 1 fully saturated rings. The SMILES string of the molecule is O=C(NCCc1cnc[nH]1)c1ccc(N2CCN(C(=O)c3ccc4ccccc4c3)CC2)nc1. The number of aromatic nitrogens is 3. The lowest BCUT2D eigenvalue weighted by Crippen LogP contribution is -2.49. The summed E-state index contributed by atoms with van der Waals surface area (Å²) in [6, 6.07) is 17.6. The first-order chi connectivity index (χ1) is 16.7. The number of amides is 2. The Balaban J connectivity index is 1.14. The average Bonchev–Trinajstić information content (AvgIpc) is 3.42. The van der Waals surface area contributed by atoms with Gasteiger partial charge in [-0.1, -0.05) is 30.3 Å². The predicted octanol–water partition coefficient (Wildman–Crippen LogP) is 2.89. The first kappa shape index (κ1) is 21.6. The molecular weight excluding hydrogens is 428 g/mol. The molecule has 0 bridgehead atoms. The average molecular weight is 455 g/mol. The van der Waals surface area contributed by atoms with Crippen LogP contribution in [0.15, 0.2) is 73.3 Å². The number of hydrogen-bond acceptors (Lipinski definition) is 5. The largest absolute Gasteiger partial charge is 0.353 e. The van der Waals surface area contributed by atoms with Gasteiger partial charge < -0.3 is 20.1 Å². The van der Waals surface area contributed by atoms with Crippen molar-refractivity contribution in [2.75, 3.05) is 37.6 Å². The van der Waals surface area contributed by atoms with E-state index in [0.29, 0.717) is 50.3 Å². The van der Waals surface area contributed by atoms with E-state index in [9.17, 15) is 9.59 Å². The lowest BCUT2D eigenvalue weighted by molar-refractivity contribution is 0.0746. The molecule has 2 aromatic heterocycles. The van der Waals surface area contributed by atoms with Gasteiger partial charge in [0.25, 0.3) is 11.8 Å². The lowest BCUT2D eigenvalue weighted by Gasteiger charge is -2.35. The number of aromatic amines is 1. The number of H-pyrrole nitrogens is 1. The van der Waals surface area contributed by atoms with Crippen molar-refractivity contribution < 1.29 is 9.59 Å². The van der Waals surface area contributed by atoms with Gasteiger partial charge in [-0.05, 0) is 35.0 Å². The molecule has 0 unspecified atom stereocenters. The molecule has 2 amide bonds. The molecule has 1 saturated heterocycles. The van der Waals surface area contributed by atoms with Crippen LogP contribution in [0.1, 0.15) is 26.4 Å². The predicted molar refractivity (Wildman–Crippen MR) is 131 cm³/mol. The van der Waals surface area contributed by atoms with Crippen LogP contribution in [-0.2, 0) is 6.42 Å². The summed E-state index contributed by atoms with van der Waals surface area (Å²) in [5.74, 6) is 0.719. The Morgan fingerprint density at radius 3 is 2.44 bits per heavy atom. The minimum absolute atomic E-state index is 0.0560. The maximum absolute atomic E-state index is 13.0. The molecule has 4 aromatic rings. The Hall–Kier alpha value is -4.20. The van der Waals surface area contributed by atoms with E-state index in [0.717, 1.165) is 22.3 Å². The third kappa shape index (κ3) is 4.76. The van der Waals surface area contributed by atoms with E-state index in [2.05, 4.69) is 25.2 Å². The maximum Gasteiger partial charge on any atom is 0.253 e. The van der Waals surface area contributed by atoms with Crippen LogP contribution in [0.5, 0.6) is 0 Å². The van der Waals surface area contributed by atoms with E-state index in [1.54, 1.807) is 24.8 Å². The molecule has 2 N–H and O–H groups in total. The van der Waals surface area contributed by atoms with Crippen LogP contribution in [0, 0.1) is 0 Å². The highest BCUT2D eigenvalue weighted by atomic mass is 16.2. The molecule has 0 aliphatic carbocycles. The first-order valence-corrected chi connectivity index (χ1v) is 11.4. The topological polar surface area (TPSA) is 94.2 Å². The lowest BCUT2D eigenvalue weighted by atomic mass is 10.1. The minimum atomic E-state index is -0.149. The molecule has 1 aliphatic heterocycles. The molecule has 8 heteroatoms. The molecule has 3 heterocycles. The van der Waals surface area contributed by atoms with Gasteiger partial charge in [0.1, 0.15) is 5.82 Å². The normalized spacial score (nSPS) is 13.8. The van der Waals surface area contributed by atoms with Gasteiger partial charge in [0.05, 0.1) is 11.9 Å². The summed E-state index contributed by atoms with van der Waals surface area (Å²) in [6.45, 7) is 3.17. The van der Waals surface area contributed by atoms with Gasteiger partial charge in [-0.15, -0.1) is 0 Å². The van der Waals surface area contributed by atoms with Gasteiger partial charge in [0.15, 0.2) is 0 Å². The number of anilines is 1. The number of carbonyl (C=O) groups is 2. The van der Waals surface area contributed by atoms with Crippen molar-refractivity contribution in [2.24, 2.45) is 0 Å². The highest BCUT2D eigenvalue weighted by Crippen LogP contribution is 2.19. The molecule has 0 saturated carbocycles. The van der Waals surface area contributed by atoms with Crippen molar-refractivity contribution in [3.8, 4) is 0 Å². The van der Waals surface area contributed by atoms with Gasteiger partial charge in [-0.2, -0.15) is 0 Å². The zero-order valence-corrected chi connectivity index (χ0v) is 18.8. The molecule has 0 atom stereocenters. The van der Waals surface area contributed by atoms with Gasteiger partial charge >= 0.3 is 0 Å². The smallest absolute Gasteiger partial charge is 0.253 e. The van der Waals surface area contributed by atoms with Crippen LogP contribution in [0.25, 0.3) is 10.8 Å². The third-order valence-electron chi connectivity index (χ3n) is 6.13. The Morgan fingerprint density at radius 1 is 0.912 bits per heavy atom. The van der Waals surface area contributed by atoms with Crippen LogP contribution in [0.2, 0.25) is 0 Å². The molecule has 2 aromatic carbocycles. The quantitative estimate of drug-likeness (QED) is 0.467. The van der Waals surface area contributed by atoms with Crippen molar-refractivity contribution in [2.45, 2.75) is 6.42 Å². The van der Waals surface area contributed by atoms with Crippen molar-refractivity contribution in [1.82, 2.24) is 25.2 Å². The number of rotatable bonds is 6. The summed E-state index contributed by atoms with van der Waals surface area (Å²) in [5.41, 5.74) is 2.22. The molecule has 5 rings (SSSR count). The number of pyridine rings is 1. The van der Waals surface area contributed by atoms with E-state index >= 15 is 0 Å². The van der Waals surface area contributed by atoms with Gasteiger partial charge in [-0.25, -0.2) is 9.97 Å². The van der Waals surface area contributed by atoms with E-state index in [4.69, 9.17) is 0 Å². The maximum atomic E-state index is 13.0. The number of nitrogens with zero attached hydrogens (tertiary/aromatic N) is 4. The number of nitrogens with one attached hydrogen (secondary N) is 2. The van der Waals surface area contributed by atoms with Gasteiger partial charge in [0, 0.05) is 62.8 Å². The second-order valence-electron chi connectivity index (χ2n) is 8.33. The molecular formula is C26H26N6O2. The Bertz CT molecular complexity index is 1280. The van der Waals surface area contributed by atoms with Gasteiger partial charge in [-0.3, -0.25) is 9.59 Å². The monoisotopic (exact) mass is 454 g/mol. The fourth-order valence-corrected chi connectivity index (χ4v) is 4.19. The molecule has 1 aliphatic rings. The summed E-state index contributed by atoms with van der Waals surface area (Å²) in [4.78, 5) is 40.9. The van der Waals surface area contributed by atoms with Crippen molar-refractivity contribution in [3.05, 3.63) is 90.1 Å². The highest BCUT2D eigenvalue weighted by molar-refractivity contribution is 5.98. The minimum Gasteiger partial charge on any atom is -0.353 e. The van der Waals surface area contributed by atoms with E-state index in [1.165, 1.54) is 0 Å². The molecule has 34 heavy (non-hydrogen) atoms. The summed E-state index contributed by atoms with van der Waals surface area (Å²) in [5, 5.41) is 5.10. The number of piperazine rings is 1. The highest BCUT2D eigenvalue weighted by Gasteiger charge is 2.23. The number of hydrogen-bond donors (Lipinski definition) is 2. The summed E-state index contributed by atoms with van der Waals surface area (Å²) < 4.78 is 0. The van der Waals surface area contributed by atoms with Gasteiger partial charge in [0.2, 0.25) is 0 Å². The zero-order chi connectivity index (χ0) is 23.3. The molecule has 0 spiro atoms. The van der Waals surface area contributed by atoms with Crippen molar-refractivity contribution in [1.29, 1.82) is 0 Å². The molecule has 8 nitrogen and oxygen atoms in total. The third-order valence-corrected chi connectivity index (χ3v) is 6.13. The van der Waals surface area contributed by atoms with Crippen LogP contribution < -0.4 is 10.2 Å². The van der Waals surface area contributed by atoms with Crippen LogP contribution >= 0.6 is 0 Å². The van der Waals surface area contributed by atoms with Crippen molar-refractivity contribution in [3.63, 3.8) is 0 Å². The Morgan fingerprint density at radius 2 is 1.71 bits per heavy atom. The Kier molecular flexibility index (Phi) is 6.20. The molecule has 0 radical (unpaired) electrons. The van der Waals surface area contributed by atoms with E-state index in [1.807, 2.05) is 53.4 Å². The van der Waals surface area contributed by atoms with Crippen LogP contribution in [-0.4, -0.2) is 64.4 Å². The second kappa shape index (κ2) is 9.74. The standard InChI is InChI=1S/C26H26N6O2/c33-25(28-10-9-23-17-27-18-30-23)22-7-8-24(29-16-22)31-11-13-32(14-12-31)26(34)21-6-5-19-3-1-2-4-20(19)15-21/h1-8,15-18H,9-14H2,(H,27,30)(H,28,33).